The first-order chi connectivity index (χ1) is 9.02. The second-order valence-corrected chi connectivity index (χ2v) is 5.40. The largest absolute Gasteiger partial charge is 0.326 e. The Bertz CT molecular complexity index is 493. The molecule has 0 atom stereocenters. The highest BCUT2D eigenvalue weighted by atomic mass is 16.1. The number of hydrogen-bond acceptors (Lipinski definition) is 3. The molecule has 4 heteroatoms. The normalized spacial score (nSPS) is 26.5. The summed E-state index contributed by atoms with van der Waals surface area (Å²) in [6.07, 6.45) is 2.55. The Morgan fingerprint density at radius 1 is 1.37 bits per heavy atom. The molecule has 1 amide bonds. The fourth-order valence-corrected chi connectivity index (χ4v) is 2.39. The first kappa shape index (κ1) is 13.6. The van der Waals surface area contributed by atoms with E-state index < -0.39 is 5.54 Å². The third-order valence-corrected chi connectivity index (χ3v) is 3.79. The Balaban J connectivity index is 1.92. The number of aryl methyl sites for hydroxylation is 1. The van der Waals surface area contributed by atoms with Crippen LogP contribution in [-0.2, 0) is 4.79 Å². The summed E-state index contributed by atoms with van der Waals surface area (Å²) in [5.74, 6) is -0.00447. The molecule has 1 aromatic rings. The molecule has 0 aliphatic heterocycles. The molecule has 4 nitrogen and oxygen atoms in total. The van der Waals surface area contributed by atoms with E-state index in [2.05, 4.69) is 11.4 Å². The number of carbonyl (C=O) groups is 1. The summed E-state index contributed by atoms with van der Waals surface area (Å²) in [5.41, 5.74) is 7.15. The number of hydrogen-bond donors (Lipinski definition) is 2. The van der Waals surface area contributed by atoms with Gasteiger partial charge in [-0.05, 0) is 44.7 Å². The maximum atomic E-state index is 12.1. The van der Waals surface area contributed by atoms with Crippen molar-refractivity contribution in [3.8, 4) is 6.07 Å². The number of carbonyl (C=O) groups excluding carboxylic acids is 1. The Hall–Kier alpha value is -1.86. The number of amides is 1. The van der Waals surface area contributed by atoms with Crippen molar-refractivity contribution in [3.05, 3.63) is 29.8 Å². The lowest BCUT2D eigenvalue weighted by atomic mass is 9.77. The average molecular weight is 257 g/mol. The van der Waals surface area contributed by atoms with Gasteiger partial charge in [-0.1, -0.05) is 17.7 Å². The number of nitrogens with two attached hydrogens (primary N) is 1. The molecule has 0 spiro atoms. The number of nitrogens with zero attached hydrogens (tertiary/aromatic N) is 1. The zero-order valence-electron chi connectivity index (χ0n) is 11.1. The Morgan fingerprint density at radius 3 is 2.47 bits per heavy atom. The van der Waals surface area contributed by atoms with Crippen LogP contribution in [0.1, 0.15) is 31.2 Å². The summed E-state index contributed by atoms with van der Waals surface area (Å²) in [6.45, 7) is 2.01. The van der Waals surface area contributed by atoms with Gasteiger partial charge in [-0.3, -0.25) is 4.79 Å². The summed E-state index contributed by atoms with van der Waals surface area (Å²) in [7, 11) is 0. The van der Waals surface area contributed by atoms with E-state index in [1.54, 1.807) is 0 Å². The van der Waals surface area contributed by atoms with E-state index in [-0.39, 0.29) is 11.8 Å². The minimum atomic E-state index is -0.735. The predicted octanol–water partition coefficient (Wildman–Crippen LogP) is 2.34. The summed E-state index contributed by atoms with van der Waals surface area (Å²) in [6, 6.07) is 9.88. The highest BCUT2D eigenvalue weighted by molar-refractivity contribution is 5.92. The molecule has 0 heterocycles. The van der Waals surface area contributed by atoms with Gasteiger partial charge in [-0.15, -0.1) is 0 Å². The molecule has 1 fully saturated rings. The second-order valence-electron chi connectivity index (χ2n) is 5.40. The molecular weight excluding hydrogens is 238 g/mol. The van der Waals surface area contributed by atoms with E-state index in [0.29, 0.717) is 25.7 Å². The minimum Gasteiger partial charge on any atom is -0.326 e. The first-order valence-corrected chi connectivity index (χ1v) is 6.60. The van der Waals surface area contributed by atoms with Crippen LogP contribution in [0, 0.1) is 24.2 Å². The summed E-state index contributed by atoms with van der Waals surface area (Å²) in [5, 5.41) is 11.9. The molecule has 0 bridgehead atoms. The Morgan fingerprint density at radius 2 is 1.95 bits per heavy atom. The van der Waals surface area contributed by atoms with Crippen molar-refractivity contribution in [1.29, 1.82) is 5.26 Å². The van der Waals surface area contributed by atoms with Crippen LogP contribution >= 0.6 is 0 Å². The van der Waals surface area contributed by atoms with Gasteiger partial charge < -0.3 is 11.1 Å². The first-order valence-electron chi connectivity index (χ1n) is 6.60. The van der Waals surface area contributed by atoms with Crippen LogP contribution in [0.3, 0.4) is 0 Å². The number of anilines is 1. The molecule has 0 unspecified atom stereocenters. The van der Waals surface area contributed by atoms with Gasteiger partial charge in [0.25, 0.3) is 0 Å². The second kappa shape index (κ2) is 5.41. The Labute approximate surface area is 113 Å². The summed E-state index contributed by atoms with van der Waals surface area (Å²) >= 11 is 0. The van der Waals surface area contributed by atoms with Gasteiger partial charge in [-0.2, -0.15) is 5.26 Å². The number of nitrogens with one attached hydrogen (secondary N) is 1. The monoisotopic (exact) mass is 257 g/mol. The van der Waals surface area contributed by atoms with Crippen LogP contribution in [-0.4, -0.2) is 11.4 Å². The van der Waals surface area contributed by atoms with Gasteiger partial charge in [0.2, 0.25) is 5.91 Å². The molecule has 100 valence electrons. The van der Waals surface area contributed by atoms with E-state index in [0.717, 1.165) is 11.3 Å². The van der Waals surface area contributed by atoms with Crippen molar-refractivity contribution in [2.45, 2.75) is 38.1 Å². The molecule has 0 aromatic heterocycles. The third kappa shape index (κ3) is 3.33. The third-order valence-electron chi connectivity index (χ3n) is 3.79. The van der Waals surface area contributed by atoms with E-state index in [1.165, 1.54) is 0 Å². The maximum Gasteiger partial charge on any atom is 0.227 e. The molecule has 0 radical (unpaired) electrons. The highest BCUT2D eigenvalue weighted by Crippen LogP contribution is 2.30. The zero-order chi connectivity index (χ0) is 13.9. The van der Waals surface area contributed by atoms with Crippen LogP contribution in [0.2, 0.25) is 0 Å². The number of rotatable bonds is 2. The number of benzene rings is 1. The molecule has 1 aromatic carbocycles. The van der Waals surface area contributed by atoms with Crippen molar-refractivity contribution < 1.29 is 4.79 Å². The average Bonchev–Trinajstić information content (AvgIpc) is 2.42. The maximum absolute atomic E-state index is 12.1. The smallest absolute Gasteiger partial charge is 0.227 e. The lowest BCUT2D eigenvalue weighted by Crippen LogP contribution is -2.43. The zero-order valence-corrected chi connectivity index (χ0v) is 11.1. The van der Waals surface area contributed by atoms with Crippen LogP contribution in [0.15, 0.2) is 24.3 Å². The lowest BCUT2D eigenvalue weighted by molar-refractivity contribution is -0.120. The van der Waals surface area contributed by atoms with Crippen LogP contribution in [0.5, 0.6) is 0 Å². The van der Waals surface area contributed by atoms with Gasteiger partial charge in [-0.25, -0.2) is 0 Å². The molecule has 1 aliphatic carbocycles. The van der Waals surface area contributed by atoms with Crippen molar-refractivity contribution in [1.82, 2.24) is 0 Å². The fourth-order valence-electron chi connectivity index (χ4n) is 2.39. The van der Waals surface area contributed by atoms with Crippen LogP contribution < -0.4 is 11.1 Å². The topological polar surface area (TPSA) is 78.9 Å². The van der Waals surface area contributed by atoms with E-state index in [1.807, 2.05) is 31.2 Å². The lowest BCUT2D eigenvalue weighted by Gasteiger charge is -2.30. The molecule has 0 saturated heterocycles. The molecule has 1 saturated carbocycles. The Kier molecular flexibility index (Phi) is 3.87. The fraction of sp³-hybridized carbons (Fsp3) is 0.467. The van der Waals surface area contributed by atoms with Gasteiger partial charge >= 0.3 is 0 Å². The van der Waals surface area contributed by atoms with Gasteiger partial charge in [0.1, 0.15) is 5.54 Å². The predicted molar refractivity (Wildman–Crippen MR) is 74.3 cm³/mol. The van der Waals surface area contributed by atoms with E-state index in [9.17, 15) is 4.79 Å². The SMILES string of the molecule is Cc1ccc(NC(=O)C2CCC(N)(C#N)CC2)cc1. The minimum absolute atomic E-state index is 0.0313. The van der Waals surface area contributed by atoms with Crippen LogP contribution in [0.25, 0.3) is 0 Å². The van der Waals surface area contributed by atoms with Gasteiger partial charge in [0, 0.05) is 11.6 Å². The van der Waals surface area contributed by atoms with Crippen molar-refractivity contribution in [2.24, 2.45) is 11.7 Å². The highest BCUT2D eigenvalue weighted by Gasteiger charge is 2.34. The van der Waals surface area contributed by atoms with Crippen molar-refractivity contribution >= 4 is 11.6 Å². The number of nitriles is 1. The molecule has 19 heavy (non-hydrogen) atoms. The van der Waals surface area contributed by atoms with Crippen molar-refractivity contribution in [2.75, 3.05) is 5.32 Å². The van der Waals surface area contributed by atoms with E-state index in [4.69, 9.17) is 11.0 Å². The molecular formula is C15H19N3O. The van der Waals surface area contributed by atoms with E-state index >= 15 is 0 Å². The van der Waals surface area contributed by atoms with Gasteiger partial charge in [0.15, 0.2) is 0 Å². The summed E-state index contributed by atoms with van der Waals surface area (Å²) in [4.78, 5) is 12.1. The van der Waals surface area contributed by atoms with Gasteiger partial charge in [0.05, 0.1) is 6.07 Å². The van der Waals surface area contributed by atoms with Crippen LogP contribution in [0.4, 0.5) is 5.69 Å². The molecule has 3 N–H and O–H groups in total. The van der Waals surface area contributed by atoms with Crippen molar-refractivity contribution in [3.63, 3.8) is 0 Å². The summed E-state index contributed by atoms with van der Waals surface area (Å²) < 4.78 is 0. The molecule has 1 aliphatic rings. The molecule has 2 rings (SSSR count). The standard InChI is InChI=1S/C15H19N3O/c1-11-2-4-13(5-3-11)18-14(19)12-6-8-15(17,10-16)9-7-12/h2-5,12H,6-9,17H2,1H3,(H,18,19). The quantitative estimate of drug-likeness (QED) is 0.853.